The van der Waals surface area contributed by atoms with Crippen molar-refractivity contribution in [1.82, 2.24) is 4.98 Å². The Hall–Kier alpha value is -1.18. The summed E-state index contributed by atoms with van der Waals surface area (Å²) in [6.07, 6.45) is 8.47. The zero-order valence-electron chi connectivity index (χ0n) is 5.72. The predicted molar refractivity (Wildman–Crippen MR) is 42.6 cm³/mol. The maximum atomic E-state index is 5.68. The van der Waals surface area contributed by atoms with Gasteiger partial charge in [-0.3, -0.25) is 0 Å². The minimum atomic E-state index is 0.867. The number of anilines is 1. The van der Waals surface area contributed by atoms with Crippen LogP contribution in [-0.2, 0) is 0 Å². The molecule has 0 saturated carbocycles. The summed E-state index contributed by atoms with van der Waals surface area (Å²) in [6.45, 7) is 0. The highest BCUT2D eigenvalue weighted by atomic mass is 14.7. The molecule has 0 amide bonds. The molecule has 0 bridgehead atoms. The Labute approximate surface area is 59.1 Å². The number of aromatic nitrogens is 1. The van der Waals surface area contributed by atoms with E-state index in [1.807, 2.05) is 6.20 Å². The van der Waals surface area contributed by atoms with Crippen molar-refractivity contribution in [1.29, 1.82) is 0 Å². The first-order chi connectivity index (χ1) is 4.88. The average molecular weight is 134 g/mol. The van der Waals surface area contributed by atoms with Gasteiger partial charge < -0.3 is 10.7 Å². The Morgan fingerprint density at radius 3 is 2.90 bits per heavy atom. The molecule has 0 unspecified atom stereocenters. The summed E-state index contributed by atoms with van der Waals surface area (Å²) >= 11 is 0. The lowest BCUT2D eigenvalue weighted by Crippen LogP contribution is -2.26. The van der Waals surface area contributed by atoms with Gasteiger partial charge in [-0.25, -0.2) is 0 Å². The minimum absolute atomic E-state index is 0.867. The monoisotopic (exact) mass is 134 g/mol. The Morgan fingerprint density at radius 1 is 1.30 bits per heavy atom. The van der Waals surface area contributed by atoms with E-state index in [9.17, 15) is 0 Å². The summed E-state index contributed by atoms with van der Waals surface area (Å²) in [5, 5.41) is 2.37. The van der Waals surface area contributed by atoms with Crippen LogP contribution in [0.5, 0.6) is 0 Å². The highest BCUT2D eigenvalue weighted by molar-refractivity contribution is 5.48. The summed E-state index contributed by atoms with van der Waals surface area (Å²) in [7, 11) is 0. The maximum absolute atomic E-state index is 5.68. The number of hydrogen-bond acceptors (Lipinski definition) is 1. The van der Waals surface area contributed by atoms with Crippen molar-refractivity contribution < 1.29 is 0 Å². The van der Waals surface area contributed by atoms with Gasteiger partial charge in [-0.2, -0.15) is 0 Å². The van der Waals surface area contributed by atoms with Gasteiger partial charge in [-0.1, -0.05) is 12.2 Å². The Morgan fingerprint density at radius 2 is 2.10 bits per heavy atom. The number of rotatable bonds is 0. The molecule has 10 heavy (non-hydrogen) atoms. The minimum Gasteiger partial charge on any atom is -0.397 e. The van der Waals surface area contributed by atoms with Crippen molar-refractivity contribution in [2.24, 2.45) is 0 Å². The number of fused-ring (bicyclic) bond motifs is 1. The van der Waals surface area contributed by atoms with Gasteiger partial charge in [-0.15, -0.1) is 0 Å². The smallest absolute Gasteiger partial charge is 0.0568 e. The highest BCUT2D eigenvalue weighted by Crippen LogP contribution is 1.96. The lowest BCUT2D eigenvalue weighted by molar-refractivity contribution is 1.10. The topological polar surface area (TPSA) is 41.8 Å². The number of aromatic amines is 1. The molecule has 3 N–H and O–H groups in total. The van der Waals surface area contributed by atoms with Crippen molar-refractivity contribution in [2.75, 3.05) is 5.73 Å². The molecule has 2 nitrogen and oxygen atoms in total. The Balaban J connectivity index is 2.89. The Kier molecular flexibility index (Phi) is 1.07. The van der Waals surface area contributed by atoms with Crippen LogP contribution in [0.25, 0.3) is 12.2 Å². The predicted octanol–water partition coefficient (Wildman–Crippen LogP) is -0.0483. The van der Waals surface area contributed by atoms with Gasteiger partial charge in [0.1, 0.15) is 0 Å². The summed E-state index contributed by atoms with van der Waals surface area (Å²) < 4.78 is 0. The fraction of sp³-hybridized carbons (Fsp3) is 0.250. The number of hydrogen-bond donors (Lipinski definition) is 2. The molecule has 2 heteroatoms. The molecule has 1 aliphatic rings. The zero-order chi connectivity index (χ0) is 6.97. The van der Waals surface area contributed by atoms with E-state index >= 15 is 0 Å². The van der Waals surface area contributed by atoms with Crippen LogP contribution in [0.3, 0.4) is 0 Å². The molecule has 1 heterocycles. The quantitative estimate of drug-likeness (QED) is 0.513. The van der Waals surface area contributed by atoms with E-state index in [0.29, 0.717) is 0 Å². The Bertz CT molecular complexity index is 346. The molecule has 1 aromatic heterocycles. The van der Waals surface area contributed by atoms with Crippen molar-refractivity contribution in [2.45, 2.75) is 12.8 Å². The lowest BCUT2D eigenvalue weighted by atomic mass is 10.1. The van der Waals surface area contributed by atoms with Crippen molar-refractivity contribution in [3.05, 3.63) is 16.8 Å². The van der Waals surface area contributed by atoms with Gasteiger partial charge in [-0.05, 0) is 12.8 Å². The van der Waals surface area contributed by atoms with Gasteiger partial charge in [0.05, 0.1) is 5.69 Å². The summed E-state index contributed by atoms with van der Waals surface area (Å²) in [5.41, 5.74) is 6.55. The van der Waals surface area contributed by atoms with E-state index in [2.05, 4.69) is 17.1 Å². The maximum Gasteiger partial charge on any atom is 0.0568 e. The molecule has 0 radical (unpaired) electrons. The van der Waals surface area contributed by atoms with Crippen molar-refractivity contribution in [3.63, 3.8) is 0 Å². The number of nitrogen functional groups attached to an aromatic ring is 1. The molecule has 0 saturated heterocycles. The number of H-pyrrole nitrogens is 1. The third-order valence-electron chi connectivity index (χ3n) is 1.85. The first kappa shape index (κ1) is 5.59. The van der Waals surface area contributed by atoms with Crippen molar-refractivity contribution in [3.8, 4) is 0 Å². The molecule has 0 fully saturated rings. The number of nitrogens with one attached hydrogen (secondary N) is 1. The molecule has 2 rings (SSSR count). The van der Waals surface area contributed by atoms with Crippen LogP contribution in [0.15, 0.2) is 6.20 Å². The van der Waals surface area contributed by atoms with Crippen LogP contribution >= 0.6 is 0 Å². The van der Waals surface area contributed by atoms with Crippen LogP contribution in [0, 0.1) is 0 Å². The molecule has 0 spiro atoms. The second kappa shape index (κ2) is 1.90. The summed E-state index contributed by atoms with van der Waals surface area (Å²) in [6, 6.07) is 0. The normalized spacial score (nSPS) is 15.2. The van der Waals surface area contributed by atoms with E-state index in [-0.39, 0.29) is 0 Å². The van der Waals surface area contributed by atoms with Gasteiger partial charge in [0.25, 0.3) is 0 Å². The van der Waals surface area contributed by atoms with Gasteiger partial charge in [0.15, 0.2) is 0 Å². The van der Waals surface area contributed by atoms with Crippen LogP contribution in [0.4, 0.5) is 5.69 Å². The van der Waals surface area contributed by atoms with E-state index in [4.69, 9.17) is 5.73 Å². The molecule has 1 aromatic rings. The standard InChI is InChI=1S/C8H10N2/c9-7-5-10-8-4-2-1-3-6(7)8/h3-5,10H,1-2,9H2. The molecule has 0 atom stereocenters. The van der Waals surface area contributed by atoms with E-state index in [0.717, 1.165) is 18.5 Å². The second-order valence-corrected chi connectivity index (χ2v) is 2.56. The summed E-state index contributed by atoms with van der Waals surface area (Å²) in [4.78, 5) is 3.11. The van der Waals surface area contributed by atoms with Gasteiger partial charge >= 0.3 is 0 Å². The third-order valence-corrected chi connectivity index (χ3v) is 1.85. The fourth-order valence-electron chi connectivity index (χ4n) is 1.32. The molecule has 0 aliphatic heterocycles. The fourth-order valence-corrected chi connectivity index (χ4v) is 1.32. The van der Waals surface area contributed by atoms with E-state index < -0.39 is 0 Å². The first-order valence-electron chi connectivity index (χ1n) is 3.51. The largest absolute Gasteiger partial charge is 0.397 e. The van der Waals surface area contributed by atoms with Crippen LogP contribution < -0.4 is 16.3 Å². The van der Waals surface area contributed by atoms with Crippen molar-refractivity contribution >= 4 is 17.8 Å². The molecule has 52 valence electrons. The summed E-state index contributed by atoms with van der Waals surface area (Å²) in [5.74, 6) is 0. The molecular formula is C8H10N2. The van der Waals surface area contributed by atoms with Crippen LogP contribution in [0.2, 0.25) is 0 Å². The SMILES string of the molecule is Nc1c[nH]c2c1=CCCC=2. The highest BCUT2D eigenvalue weighted by Gasteiger charge is 1.96. The zero-order valence-corrected chi connectivity index (χ0v) is 5.72. The van der Waals surface area contributed by atoms with E-state index in [1.165, 1.54) is 10.6 Å². The van der Waals surface area contributed by atoms with Gasteiger partial charge in [0.2, 0.25) is 0 Å². The van der Waals surface area contributed by atoms with Crippen LogP contribution in [0.1, 0.15) is 12.8 Å². The number of nitrogens with two attached hydrogens (primary N) is 1. The van der Waals surface area contributed by atoms with E-state index in [1.54, 1.807) is 0 Å². The molecule has 1 aliphatic carbocycles. The molecular weight excluding hydrogens is 124 g/mol. The molecule has 0 aromatic carbocycles. The van der Waals surface area contributed by atoms with Crippen LogP contribution in [-0.4, -0.2) is 4.98 Å². The lowest BCUT2D eigenvalue weighted by Gasteiger charge is -1.93. The average Bonchev–Trinajstić information content (AvgIpc) is 2.34. The third kappa shape index (κ3) is 0.652. The van der Waals surface area contributed by atoms with Gasteiger partial charge in [0, 0.05) is 16.8 Å². The first-order valence-corrected chi connectivity index (χ1v) is 3.51. The second-order valence-electron chi connectivity index (χ2n) is 2.56.